The maximum absolute atomic E-state index is 11.3. The van der Waals surface area contributed by atoms with Crippen molar-refractivity contribution < 1.29 is 19.6 Å². The Labute approximate surface area is 126 Å². The first-order chi connectivity index (χ1) is 10.5. The van der Waals surface area contributed by atoms with E-state index in [9.17, 15) is 14.9 Å². The number of nitrogens with zero attached hydrogens (tertiary/aromatic N) is 1. The number of carbonyl (C=O) groups is 1. The third-order valence-electron chi connectivity index (χ3n) is 2.61. The highest BCUT2D eigenvalue weighted by atomic mass is 16.6. The van der Waals surface area contributed by atoms with Crippen molar-refractivity contribution in [2.24, 2.45) is 11.5 Å². The summed E-state index contributed by atoms with van der Waals surface area (Å²) >= 11 is 0. The molecular weight excluding hydrogens is 292 g/mol. The average Bonchev–Trinajstić information content (AvgIpc) is 2.49. The van der Waals surface area contributed by atoms with E-state index in [-0.39, 0.29) is 42.4 Å². The number of nitrogens with two attached hydrogens (primary N) is 2. The molecular formula is C13H18N4O5. The molecule has 0 aliphatic carbocycles. The molecule has 0 radical (unpaired) electrons. The molecule has 6 N–H and O–H groups in total. The zero-order valence-electron chi connectivity index (χ0n) is 11.8. The molecule has 22 heavy (non-hydrogen) atoms. The number of amides is 1. The predicted molar refractivity (Wildman–Crippen MR) is 80.9 cm³/mol. The van der Waals surface area contributed by atoms with E-state index >= 15 is 0 Å². The number of primary amides is 1. The van der Waals surface area contributed by atoms with Gasteiger partial charge < -0.3 is 26.6 Å². The summed E-state index contributed by atoms with van der Waals surface area (Å²) in [4.78, 5) is 21.8. The molecule has 0 aromatic heterocycles. The number of ether oxygens (including phenoxy) is 1. The lowest BCUT2D eigenvalue weighted by atomic mass is 10.1. The number of aliphatic hydroxyl groups excluding tert-OH is 1. The van der Waals surface area contributed by atoms with Gasteiger partial charge in [-0.15, -0.1) is 0 Å². The second kappa shape index (κ2) is 8.60. The summed E-state index contributed by atoms with van der Waals surface area (Å²) in [5, 5.41) is 22.8. The molecule has 9 nitrogen and oxygen atoms in total. The van der Waals surface area contributed by atoms with Crippen LogP contribution in [0.3, 0.4) is 0 Å². The van der Waals surface area contributed by atoms with Gasteiger partial charge in [0.1, 0.15) is 12.4 Å². The molecule has 1 amide bonds. The van der Waals surface area contributed by atoms with E-state index in [1.165, 1.54) is 6.07 Å². The Balaban J connectivity index is 3.23. The largest absolute Gasteiger partial charge is 0.489 e. The number of nitro benzene ring substituents is 1. The van der Waals surface area contributed by atoms with Crippen molar-refractivity contribution in [1.29, 1.82) is 0 Å². The molecule has 1 rings (SSSR count). The number of anilines is 1. The summed E-state index contributed by atoms with van der Waals surface area (Å²) in [7, 11) is 0. The number of carbonyl (C=O) groups excluding carboxylic acids is 1. The first-order valence-electron chi connectivity index (χ1n) is 6.46. The van der Waals surface area contributed by atoms with Crippen molar-refractivity contribution in [2.75, 3.05) is 31.6 Å². The minimum Gasteiger partial charge on any atom is -0.489 e. The molecule has 1 aromatic rings. The molecule has 0 saturated heterocycles. The lowest BCUT2D eigenvalue weighted by Gasteiger charge is -2.13. The summed E-state index contributed by atoms with van der Waals surface area (Å²) in [5.74, 6) is -0.746. The predicted octanol–water partition coefficient (Wildman–Crippen LogP) is -0.00840. The van der Waals surface area contributed by atoms with Gasteiger partial charge in [0.05, 0.1) is 11.5 Å². The maximum Gasteiger partial charge on any atom is 0.296 e. The van der Waals surface area contributed by atoms with Crippen molar-refractivity contribution in [1.82, 2.24) is 0 Å². The van der Waals surface area contributed by atoms with E-state index in [4.69, 9.17) is 21.3 Å². The zero-order chi connectivity index (χ0) is 16.5. The van der Waals surface area contributed by atoms with E-state index in [0.717, 1.165) is 6.07 Å². The van der Waals surface area contributed by atoms with Gasteiger partial charge in [-0.2, -0.15) is 0 Å². The molecule has 0 unspecified atom stereocenters. The molecule has 0 heterocycles. The van der Waals surface area contributed by atoms with Crippen LogP contribution in [-0.4, -0.2) is 42.2 Å². The van der Waals surface area contributed by atoms with Crippen LogP contribution in [0.5, 0.6) is 5.75 Å². The van der Waals surface area contributed by atoms with Gasteiger partial charge in [0, 0.05) is 24.7 Å². The van der Waals surface area contributed by atoms with Crippen LogP contribution in [0.25, 0.3) is 0 Å². The number of rotatable bonds is 9. The Kier molecular flexibility index (Phi) is 6.80. The van der Waals surface area contributed by atoms with Crippen molar-refractivity contribution >= 4 is 17.3 Å². The smallest absolute Gasteiger partial charge is 0.296 e. The number of aliphatic hydroxyl groups is 1. The Morgan fingerprint density at radius 1 is 1.45 bits per heavy atom. The Morgan fingerprint density at radius 2 is 2.18 bits per heavy atom. The van der Waals surface area contributed by atoms with Crippen LogP contribution in [0.4, 0.5) is 11.4 Å². The third-order valence-corrected chi connectivity index (χ3v) is 2.61. The van der Waals surface area contributed by atoms with Crippen LogP contribution in [-0.2, 0) is 0 Å². The molecule has 120 valence electrons. The van der Waals surface area contributed by atoms with Crippen molar-refractivity contribution in [3.8, 4) is 5.75 Å². The van der Waals surface area contributed by atoms with Crippen LogP contribution in [0.1, 0.15) is 10.4 Å². The zero-order valence-corrected chi connectivity index (χ0v) is 11.8. The first kappa shape index (κ1) is 17.4. The van der Waals surface area contributed by atoms with E-state index in [2.05, 4.69) is 5.32 Å². The number of nitrogens with one attached hydrogen (secondary N) is 1. The summed E-state index contributed by atoms with van der Waals surface area (Å²) < 4.78 is 5.25. The molecule has 9 heteroatoms. The van der Waals surface area contributed by atoms with E-state index in [1.807, 2.05) is 0 Å². The van der Waals surface area contributed by atoms with Gasteiger partial charge in [0.15, 0.2) is 5.69 Å². The quantitative estimate of drug-likeness (QED) is 0.284. The van der Waals surface area contributed by atoms with Gasteiger partial charge in [-0.05, 0) is 6.07 Å². The standard InChI is InChI=1S/C13H18N4O5/c14-3-1-2-4-16-12-10(17(20)21)7-9(13(15)19)8-11(12)22-6-5-18/h1-2,7-8,16,18H,3-6,14H2,(H2,15,19)/b2-1+. The highest BCUT2D eigenvalue weighted by Crippen LogP contribution is 2.36. The fraction of sp³-hybridized carbons (Fsp3) is 0.308. The first-order valence-corrected chi connectivity index (χ1v) is 6.46. The normalized spacial score (nSPS) is 10.6. The van der Waals surface area contributed by atoms with E-state index in [1.54, 1.807) is 12.2 Å². The summed E-state index contributed by atoms with van der Waals surface area (Å²) in [6.07, 6.45) is 3.38. The van der Waals surface area contributed by atoms with Gasteiger partial charge in [0.25, 0.3) is 5.69 Å². The summed E-state index contributed by atoms with van der Waals surface area (Å²) in [6, 6.07) is 2.36. The molecule has 0 aliphatic heterocycles. The third kappa shape index (κ3) is 4.72. The molecule has 1 aromatic carbocycles. The van der Waals surface area contributed by atoms with Gasteiger partial charge in [-0.3, -0.25) is 14.9 Å². The fourth-order valence-corrected chi connectivity index (χ4v) is 1.67. The van der Waals surface area contributed by atoms with Crippen molar-refractivity contribution in [3.63, 3.8) is 0 Å². The molecule has 0 atom stereocenters. The topological polar surface area (TPSA) is 154 Å². The Morgan fingerprint density at radius 3 is 2.73 bits per heavy atom. The molecule has 0 saturated carbocycles. The van der Waals surface area contributed by atoms with Crippen molar-refractivity contribution in [2.45, 2.75) is 0 Å². The monoisotopic (exact) mass is 310 g/mol. The van der Waals surface area contributed by atoms with Crippen LogP contribution in [0.2, 0.25) is 0 Å². The minimum atomic E-state index is -0.813. The Bertz CT molecular complexity index is 574. The molecule has 0 fully saturated rings. The molecule has 0 spiro atoms. The molecule has 0 bridgehead atoms. The maximum atomic E-state index is 11.3. The van der Waals surface area contributed by atoms with Crippen LogP contribution in [0.15, 0.2) is 24.3 Å². The second-order valence-corrected chi connectivity index (χ2v) is 4.15. The van der Waals surface area contributed by atoms with Gasteiger partial charge >= 0.3 is 0 Å². The number of benzene rings is 1. The highest BCUT2D eigenvalue weighted by Gasteiger charge is 2.22. The van der Waals surface area contributed by atoms with Gasteiger partial charge in [-0.25, -0.2) is 0 Å². The van der Waals surface area contributed by atoms with Crippen molar-refractivity contribution in [3.05, 3.63) is 40.0 Å². The van der Waals surface area contributed by atoms with Crippen LogP contribution < -0.4 is 21.5 Å². The fourth-order valence-electron chi connectivity index (χ4n) is 1.67. The van der Waals surface area contributed by atoms with Gasteiger partial charge in [0.2, 0.25) is 5.91 Å². The number of hydrogen-bond acceptors (Lipinski definition) is 7. The number of nitro groups is 1. The lowest BCUT2D eigenvalue weighted by molar-refractivity contribution is -0.384. The molecule has 0 aliphatic rings. The number of hydrogen-bond donors (Lipinski definition) is 4. The average molecular weight is 310 g/mol. The van der Waals surface area contributed by atoms with Crippen LogP contribution in [0, 0.1) is 10.1 Å². The lowest BCUT2D eigenvalue weighted by Crippen LogP contribution is -2.14. The second-order valence-electron chi connectivity index (χ2n) is 4.15. The SMILES string of the molecule is NC/C=C/CNc1c(OCCO)cc(C(N)=O)cc1[N+](=O)[O-]. The highest BCUT2D eigenvalue weighted by molar-refractivity contribution is 5.95. The summed E-state index contributed by atoms with van der Waals surface area (Å²) in [5.41, 5.74) is 10.2. The Hall–Kier alpha value is -2.65. The van der Waals surface area contributed by atoms with E-state index in [0.29, 0.717) is 6.54 Å². The minimum absolute atomic E-state index is 0.0531. The summed E-state index contributed by atoms with van der Waals surface area (Å²) in [6.45, 7) is 0.273. The van der Waals surface area contributed by atoms with E-state index < -0.39 is 10.8 Å². The van der Waals surface area contributed by atoms with Crippen LogP contribution >= 0.6 is 0 Å². The van der Waals surface area contributed by atoms with Gasteiger partial charge in [-0.1, -0.05) is 12.2 Å².